The number of primary amides is 1. The van der Waals surface area contributed by atoms with Crippen molar-refractivity contribution in [2.24, 2.45) is 15.9 Å². The minimum absolute atomic E-state index is 0.00573. The van der Waals surface area contributed by atoms with E-state index in [0.717, 1.165) is 5.56 Å². The molecule has 0 saturated heterocycles. The molecular formula is C34H45N5O8. The molecule has 0 spiro atoms. The summed E-state index contributed by atoms with van der Waals surface area (Å²) in [5.41, 5.74) is 13.2. The fraction of sp³-hybridized carbons (Fsp3) is 0.441. The van der Waals surface area contributed by atoms with Gasteiger partial charge in [0.15, 0.2) is 0 Å². The van der Waals surface area contributed by atoms with Gasteiger partial charge in [0.25, 0.3) is 11.8 Å². The number of hydrogen-bond acceptors (Lipinski definition) is 10. The van der Waals surface area contributed by atoms with Gasteiger partial charge in [0.1, 0.15) is 12.7 Å². The fourth-order valence-corrected chi connectivity index (χ4v) is 3.90. The summed E-state index contributed by atoms with van der Waals surface area (Å²) in [5.74, 6) is -2.09. The van der Waals surface area contributed by atoms with E-state index in [4.69, 9.17) is 19.9 Å². The summed E-state index contributed by atoms with van der Waals surface area (Å²) >= 11 is 0. The first-order valence-corrected chi connectivity index (χ1v) is 15.4. The van der Waals surface area contributed by atoms with Gasteiger partial charge in [-0.3, -0.25) is 24.0 Å². The molecule has 2 aromatic carbocycles. The Kier molecular flexibility index (Phi) is 15.9. The number of hydrogen-bond donors (Lipinski definition) is 3. The molecule has 2 unspecified atom stereocenters. The van der Waals surface area contributed by atoms with E-state index in [0.29, 0.717) is 29.3 Å². The van der Waals surface area contributed by atoms with Crippen molar-refractivity contribution in [3.8, 4) is 0 Å². The number of nitrogens with two attached hydrogens (primary N) is 1. The lowest BCUT2D eigenvalue weighted by molar-refractivity contribution is -0.154. The number of carbonyl (C=O) groups excluding carboxylic acids is 5. The van der Waals surface area contributed by atoms with Crippen LogP contribution in [0, 0.1) is 0 Å². The summed E-state index contributed by atoms with van der Waals surface area (Å²) < 4.78 is 16.3. The number of hydrazone groups is 2. The molecule has 2 aromatic rings. The third-order valence-electron chi connectivity index (χ3n) is 6.73. The Morgan fingerprint density at radius 2 is 1.23 bits per heavy atom. The lowest BCUT2D eigenvalue weighted by atomic mass is 10.0. The van der Waals surface area contributed by atoms with Crippen molar-refractivity contribution in [3.05, 3.63) is 70.8 Å². The highest BCUT2D eigenvalue weighted by atomic mass is 16.6. The number of ether oxygens (including phenoxy) is 3. The fourth-order valence-electron chi connectivity index (χ4n) is 3.90. The van der Waals surface area contributed by atoms with Crippen LogP contribution in [0.2, 0.25) is 0 Å². The number of benzene rings is 2. The summed E-state index contributed by atoms with van der Waals surface area (Å²) in [6.45, 7) is 11.0. The molecule has 2 atom stereocenters. The van der Waals surface area contributed by atoms with Gasteiger partial charge < -0.3 is 19.9 Å². The predicted octanol–water partition coefficient (Wildman–Crippen LogP) is 4.26. The number of esters is 2. The van der Waals surface area contributed by atoms with E-state index in [1.165, 1.54) is 24.3 Å². The molecule has 254 valence electrons. The van der Waals surface area contributed by atoms with Gasteiger partial charge in [-0.2, -0.15) is 10.2 Å². The van der Waals surface area contributed by atoms with Gasteiger partial charge in [-0.15, -0.1) is 0 Å². The van der Waals surface area contributed by atoms with Crippen LogP contribution >= 0.6 is 0 Å². The highest BCUT2D eigenvalue weighted by Gasteiger charge is 2.15. The Morgan fingerprint density at radius 1 is 0.702 bits per heavy atom. The Balaban J connectivity index is 1.62. The van der Waals surface area contributed by atoms with Crippen LogP contribution in [0.15, 0.2) is 58.7 Å². The zero-order valence-corrected chi connectivity index (χ0v) is 27.8. The first-order valence-electron chi connectivity index (χ1n) is 15.4. The Bertz CT molecular complexity index is 1470. The number of nitrogens with one attached hydrogen (secondary N) is 2. The summed E-state index contributed by atoms with van der Waals surface area (Å²) in [5, 5.41) is 8.06. The molecule has 0 aliphatic heterocycles. The molecular weight excluding hydrogens is 606 g/mol. The molecule has 0 bridgehead atoms. The molecule has 0 radical (unpaired) electrons. The molecule has 13 heteroatoms. The predicted molar refractivity (Wildman–Crippen MR) is 177 cm³/mol. The Hall–Kier alpha value is -4.91. The van der Waals surface area contributed by atoms with Crippen LogP contribution in [0.3, 0.4) is 0 Å². The molecule has 0 aliphatic rings. The lowest BCUT2D eigenvalue weighted by Crippen LogP contribution is -2.26. The first-order chi connectivity index (χ1) is 22.2. The van der Waals surface area contributed by atoms with E-state index in [-0.39, 0.29) is 49.5 Å². The van der Waals surface area contributed by atoms with Gasteiger partial charge in [0, 0.05) is 28.1 Å². The average Bonchev–Trinajstić information content (AvgIpc) is 3.05. The third kappa shape index (κ3) is 14.8. The second-order valence-electron chi connectivity index (χ2n) is 11.4. The topological polar surface area (TPSA) is 188 Å². The SMILES string of the molecule is C/C(CCC(=O)OCC(C)OCC(C)OC(=O)CC/C(C)=N/NC(=O)c1cccc(C(C)C)c1)=N\NC(=O)c1cccc(C(N)=O)c1. The van der Waals surface area contributed by atoms with Gasteiger partial charge in [-0.05, 0) is 82.3 Å². The van der Waals surface area contributed by atoms with Gasteiger partial charge in [0.05, 0.1) is 25.6 Å². The molecule has 4 N–H and O–H groups in total. The molecule has 0 fully saturated rings. The van der Waals surface area contributed by atoms with Gasteiger partial charge in [0.2, 0.25) is 5.91 Å². The zero-order chi connectivity index (χ0) is 34.9. The monoisotopic (exact) mass is 651 g/mol. The van der Waals surface area contributed by atoms with Crippen LogP contribution in [0.5, 0.6) is 0 Å². The van der Waals surface area contributed by atoms with E-state index in [9.17, 15) is 24.0 Å². The smallest absolute Gasteiger partial charge is 0.306 e. The minimum Gasteiger partial charge on any atom is -0.463 e. The standard InChI is InChI=1S/C34H45N5O8/c1-21(2)26-9-7-11-28(17-26)33(43)38-37-23(4)14-16-31(41)47-25(6)20-45-24(5)19-46-30(40)15-13-22(3)36-39-34(44)29-12-8-10-27(18-29)32(35)42/h7-12,17-18,21,24-25H,13-16,19-20H2,1-6H3,(H2,35,42)(H,38,43)(H,39,44)/b36-22+,37-23+. The van der Waals surface area contributed by atoms with Crippen LogP contribution in [0.4, 0.5) is 0 Å². The van der Waals surface area contributed by atoms with Crippen LogP contribution in [0.1, 0.15) is 110 Å². The van der Waals surface area contributed by atoms with Crippen molar-refractivity contribution in [2.75, 3.05) is 13.2 Å². The summed E-state index contributed by atoms with van der Waals surface area (Å²) in [6.07, 6.45) is -0.276. The number of amides is 3. The maximum atomic E-state index is 12.4. The zero-order valence-electron chi connectivity index (χ0n) is 27.8. The van der Waals surface area contributed by atoms with E-state index in [1.807, 2.05) is 18.2 Å². The van der Waals surface area contributed by atoms with Crippen molar-refractivity contribution < 1.29 is 38.2 Å². The van der Waals surface area contributed by atoms with Gasteiger partial charge >= 0.3 is 11.9 Å². The quantitative estimate of drug-likeness (QED) is 0.121. The number of rotatable bonds is 18. The maximum absolute atomic E-state index is 12.4. The summed E-state index contributed by atoms with van der Waals surface area (Å²) in [7, 11) is 0. The second kappa shape index (κ2) is 19.6. The van der Waals surface area contributed by atoms with Crippen molar-refractivity contribution in [2.45, 2.75) is 85.4 Å². The molecule has 3 amide bonds. The van der Waals surface area contributed by atoms with Crippen molar-refractivity contribution >= 4 is 41.1 Å². The molecule has 0 aliphatic carbocycles. The molecule has 0 heterocycles. The first kappa shape index (κ1) is 38.3. The highest BCUT2D eigenvalue weighted by molar-refractivity contribution is 5.99. The van der Waals surface area contributed by atoms with Crippen molar-refractivity contribution in [1.29, 1.82) is 0 Å². The molecule has 0 aromatic heterocycles. The molecule has 47 heavy (non-hydrogen) atoms. The van der Waals surface area contributed by atoms with Crippen LogP contribution in [0.25, 0.3) is 0 Å². The average molecular weight is 652 g/mol. The number of carbonyl (C=O) groups is 5. The third-order valence-corrected chi connectivity index (χ3v) is 6.73. The van der Waals surface area contributed by atoms with Crippen molar-refractivity contribution in [1.82, 2.24) is 10.9 Å². The Morgan fingerprint density at radius 3 is 1.81 bits per heavy atom. The maximum Gasteiger partial charge on any atom is 0.306 e. The van der Waals surface area contributed by atoms with Gasteiger partial charge in [-0.1, -0.05) is 32.0 Å². The van der Waals surface area contributed by atoms with E-state index in [1.54, 1.807) is 33.8 Å². The van der Waals surface area contributed by atoms with E-state index in [2.05, 4.69) is 34.9 Å². The van der Waals surface area contributed by atoms with Crippen LogP contribution in [-0.4, -0.2) is 66.5 Å². The van der Waals surface area contributed by atoms with E-state index < -0.39 is 36.0 Å². The molecule has 2 rings (SSSR count). The molecule has 0 saturated carbocycles. The second-order valence-corrected chi connectivity index (χ2v) is 11.4. The lowest BCUT2D eigenvalue weighted by Gasteiger charge is -2.18. The Labute approximate surface area is 275 Å². The normalized spacial score (nSPS) is 13.0. The van der Waals surface area contributed by atoms with Crippen molar-refractivity contribution in [3.63, 3.8) is 0 Å². The minimum atomic E-state index is -0.646. The number of nitrogens with zero attached hydrogens (tertiary/aromatic N) is 2. The summed E-state index contributed by atoms with van der Waals surface area (Å²) in [4.78, 5) is 60.4. The van der Waals surface area contributed by atoms with Crippen LogP contribution in [-0.2, 0) is 23.8 Å². The highest BCUT2D eigenvalue weighted by Crippen LogP contribution is 2.15. The van der Waals surface area contributed by atoms with Gasteiger partial charge in [-0.25, -0.2) is 10.9 Å². The van der Waals surface area contributed by atoms with E-state index >= 15 is 0 Å². The largest absolute Gasteiger partial charge is 0.463 e. The summed E-state index contributed by atoms with van der Waals surface area (Å²) in [6, 6.07) is 13.3. The molecule has 13 nitrogen and oxygen atoms in total. The van der Waals surface area contributed by atoms with Crippen LogP contribution < -0.4 is 16.6 Å².